The molecule has 2 rings (SSSR count). The van der Waals surface area contributed by atoms with E-state index >= 15 is 0 Å². The Morgan fingerprint density at radius 1 is 1.05 bits per heavy atom. The van der Waals surface area contributed by atoms with Gasteiger partial charge in [0.25, 0.3) is 0 Å². The van der Waals surface area contributed by atoms with Crippen LogP contribution < -0.4 is 9.47 Å². The normalized spacial score (nSPS) is 10.3. The summed E-state index contributed by atoms with van der Waals surface area (Å²) < 4.78 is 20.1. The van der Waals surface area contributed by atoms with Gasteiger partial charge in [0.15, 0.2) is 11.5 Å². The highest BCUT2D eigenvalue weighted by atomic mass is 16.7. The number of esters is 1. The molecular formula is C16H16O6. The zero-order valence-corrected chi connectivity index (χ0v) is 12.3. The Morgan fingerprint density at radius 3 is 2.32 bits per heavy atom. The van der Waals surface area contributed by atoms with Crippen molar-refractivity contribution in [2.75, 3.05) is 6.61 Å². The van der Waals surface area contributed by atoms with Gasteiger partial charge in [-0.15, -0.1) is 0 Å². The van der Waals surface area contributed by atoms with E-state index in [4.69, 9.17) is 18.6 Å². The van der Waals surface area contributed by atoms with E-state index in [9.17, 15) is 9.59 Å². The molecule has 22 heavy (non-hydrogen) atoms. The first-order valence-electron chi connectivity index (χ1n) is 6.75. The summed E-state index contributed by atoms with van der Waals surface area (Å²) in [6, 6.07) is 9.35. The summed E-state index contributed by atoms with van der Waals surface area (Å²) in [5.41, 5.74) is 0. The molecule has 6 nitrogen and oxygen atoms in total. The number of para-hydroxylation sites is 2. The number of furan rings is 1. The highest BCUT2D eigenvalue weighted by molar-refractivity contribution is 5.88. The Morgan fingerprint density at radius 2 is 1.73 bits per heavy atom. The topological polar surface area (TPSA) is 75.0 Å². The van der Waals surface area contributed by atoms with Crippen LogP contribution in [0.4, 0.5) is 4.79 Å². The molecule has 6 heteroatoms. The van der Waals surface area contributed by atoms with Gasteiger partial charge in [0, 0.05) is 0 Å². The van der Waals surface area contributed by atoms with Crippen molar-refractivity contribution in [3.05, 3.63) is 48.4 Å². The van der Waals surface area contributed by atoms with Crippen LogP contribution in [0, 0.1) is 5.92 Å². The van der Waals surface area contributed by atoms with Crippen molar-refractivity contribution >= 4 is 12.1 Å². The lowest BCUT2D eigenvalue weighted by atomic mass is 10.2. The van der Waals surface area contributed by atoms with Crippen LogP contribution in [0.2, 0.25) is 0 Å². The molecule has 0 aliphatic heterocycles. The molecule has 0 unspecified atom stereocenters. The first-order chi connectivity index (χ1) is 10.6. The lowest BCUT2D eigenvalue weighted by molar-refractivity contribution is 0.0678. The van der Waals surface area contributed by atoms with Gasteiger partial charge in [-0.25, -0.2) is 9.59 Å². The highest BCUT2D eigenvalue weighted by Crippen LogP contribution is 2.27. The summed E-state index contributed by atoms with van der Waals surface area (Å²) in [5.74, 6) is -0.241. The molecule has 116 valence electrons. The summed E-state index contributed by atoms with van der Waals surface area (Å²) >= 11 is 0. The van der Waals surface area contributed by atoms with Crippen LogP contribution in [-0.2, 0) is 4.74 Å². The zero-order chi connectivity index (χ0) is 15.9. The van der Waals surface area contributed by atoms with E-state index in [1.807, 2.05) is 13.8 Å². The predicted octanol–water partition coefficient (Wildman–Crippen LogP) is 3.67. The maximum atomic E-state index is 11.8. The maximum absolute atomic E-state index is 11.8. The van der Waals surface area contributed by atoms with Crippen molar-refractivity contribution in [1.82, 2.24) is 0 Å². The fraction of sp³-hybridized carbons (Fsp3) is 0.250. The minimum Gasteiger partial charge on any atom is -0.457 e. The molecule has 0 aliphatic rings. The number of hydrogen-bond donors (Lipinski definition) is 0. The highest BCUT2D eigenvalue weighted by Gasteiger charge is 2.17. The Bertz CT molecular complexity index is 630. The largest absolute Gasteiger partial charge is 0.513 e. The van der Waals surface area contributed by atoms with Gasteiger partial charge in [-0.05, 0) is 30.2 Å². The van der Waals surface area contributed by atoms with Crippen LogP contribution in [0.5, 0.6) is 11.5 Å². The fourth-order valence-electron chi connectivity index (χ4n) is 1.52. The molecular weight excluding hydrogens is 288 g/mol. The average Bonchev–Trinajstić information content (AvgIpc) is 3.01. The average molecular weight is 304 g/mol. The second-order valence-corrected chi connectivity index (χ2v) is 4.87. The monoisotopic (exact) mass is 304 g/mol. The molecule has 0 bridgehead atoms. The van der Waals surface area contributed by atoms with Crippen LogP contribution in [0.3, 0.4) is 0 Å². The molecule has 0 saturated heterocycles. The standard InChI is InChI=1S/C16H16O6/c1-11(2)10-20-16(18)22-13-7-4-3-6-12(13)21-15(17)14-8-5-9-19-14/h3-9,11H,10H2,1-2H3. The molecule has 0 N–H and O–H groups in total. The molecule has 0 radical (unpaired) electrons. The van der Waals surface area contributed by atoms with Crippen molar-refractivity contribution in [3.8, 4) is 11.5 Å². The molecule has 1 aromatic carbocycles. The van der Waals surface area contributed by atoms with Crippen molar-refractivity contribution in [2.24, 2.45) is 5.92 Å². The molecule has 0 amide bonds. The van der Waals surface area contributed by atoms with Crippen molar-refractivity contribution < 1.29 is 28.2 Å². The minimum absolute atomic E-state index is 0.0530. The van der Waals surface area contributed by atoms with Crippen molar-refractivity contribution in [2.45, 2.75) is 13.8 Å². The lowest BCUT2D eigenvalue weighted by Gasteiger charge is -2.10. The van der Waals surface area contributed by atoms with E-state index in [1.165, 1.54) is 24.5 Å². The number of carbonyl (C=O) groups is 2. The van der Waals surface area contributed by atoms with Gasteiger partial charge in [-0.2, -0.15) is 0 Å². The maximum Gasteiger partial charge on any atom is 0.513 e. The van der Waals surface area contributed by atoms with E-state index in [1.54, 1.807) is 18.2 Å². The molecule has 0 spiro atoms. The van der Waals surface area contributed by atoms with Crippen molar-refractivity contribution in [3.63, 3.8) is 0 Å². The van der Waals surface area contributed by atoms with E-state index in [2.05, 4.69) is 0 Å². The molecule has 1 heterocycles. The molecule has 0 aliphatic carbocycles. The third-order valence-electron chi connectivity index (χ3n) is 2.50. The Kier molecular flexibility index (Phi) is 5.19. The number of ether oxygens (including phenoxy) is 3. The SMILES string of the molecule is CC(C)COC(=O)Oc1ccccc1OC(=O)c1ccco1. The molecule has 0 fully saturated rings. The third-order valence-corrected chi connectivity index (χ3v) is 2.50. The van der Waals surface area contributed by atoms with E-state index in [0.29, 0.717) is 0 Å². The van der Waals surface area contributed by atoms with E-state index in [-0.39, 0.29) is 29.8 Å². The van der Waals surface area contributed by atoms with Gasteiger partial charge in [-0.3, -0.25) is 0 Å². The van der Waals surface area contributed by atoms with Crippen LogP contribution in [0.15, 0.2) is 47.1 Å². The smallest absolute Gasteiger partial charge is 0.457 e. The van der Waals surface area contributed by atoms with Gasteiger partial charge in [0.2, 0.25) is 5.76 Å². The number of rotatable bonds is 5. The third kappa shape index (κ3) is 4.37. The number of hydrogen-bond acceptors (Lipinski definition) is 6. The Labute approximate surface area is 127 Å². The molecule has 0 saturated carbocycles. The molecule has 1 aromatic heterocycles. The van der Waals surface area contributed by atoms with Gasteiger partial charge in [-0.1, -0.05) is 26.0 Å². The summed E-state index contributed by atoms with van der Waals surface area (Å²) in [6.45, 7) is 4.06. The van der Waals surface area contributed by atoms with Gasteiger partial charge in [0.05, 0.1) is 12.9 Å². The van der Waals surface area contributed by atoms with Gasteiger partial charge in [0.1, 0.15) is 0 Å². The summed E-state index contributed by atoms with van der Waals surface area (Å²) in [7, 11) is 0. The zero-order valence-electron chi connectivity index (χ0n) is 12.3. The summed E-state index contributed by atoms with van der Waals surface area (Å²) in [6.07, 6.45) is 0.512. The summed E-state index contributed by atoms with van der Waals surface area (Å²) in [5, 5.41) is 0. The lowest BCUT2D eigenvalue weighted by Crippen LogP contribution is -2.15. The van der Waals surface area contributed by atoms with Crippen LogP contribution >= 0.6 is 0 Å². The van der Waals surface area contributed by atoms with Gasteiger partial charge < -0.3 is 18.6 Å². The van der Waals surface area contributed by atoms with Gasteiger partial charge >= 0.3 is 12.1 Å². The van der Waals surface area contributed by atoms with E-state index < -0.39 is 12.1 Å². The first kappa shape index (κ1) is 15.6. The Balaban J connectivity index is 2.03. The first-order valence-corrected chi connectivity index (χ1v) is 6.75. The number of benzene rings is 1. The fourth-order valence-corrected chi connectivity index (χ4v) is 1.52. The van der Waals surface area contributed by atoms with E-state index in [0.717, 1.165) is 0 Å². The minimum atomic E-state index is -0.852. The molecule has 2 aromatic rings. The number of carbonyl (C=O) groups excluding carboxylic acids is 2. The second kappa shape index (κ2) is 7.31. The van der Waals surface area contributed by atoms with Crippen molar-refractivity contribution in [1.29, 1.82) is 0 Å². The van der Waals surface area contributed by atoms with Crippen LogP contribution in [-0.4, -0.2) is 18.7 Å². The predicted molar refractivity (Wildman–Crippen MR) is 76.9 cm³/mol. The quantitative estimate of drug-likeness (QED) is 0.476. The van der Waals surface area contributed by atoms with Crippen LogP contribution in [0.25, 0.3) is 0 Å². The molecule has 0 atom stereocenters. The van der Waals surface area contributed by atoms with Crippen LogP contribution in [0.1, 0.15) is 24.4 Å². The summed E-state index contributed by atoms with van der Waals surface area (Å²) in [4.78, 5) is 23.4. The Hall–Kier alpha value is -2.76. The second-order valence-electron chi connectivity index (χ2n) is 4.87.